The molecule has 2 heterocycles. The van der Waals surface area contributed by atoms with E-state index in [9.17, 15) is 10.2 Å². The topological polar surface area (TPSA) is 78.4 Å². The summed E-state index contributed by atoms with van der Waals surface area (Å²) < 4.78 is 7.97. The van der Waals surface area contributed by atoms with E-state index in [1.165, 1.54) is 6.08 Å². The molecule has 1 aliphatic heterocycles. The Hall–Kier alpha value is -2.65. The fourth-order valence-electron chi connectivity index (χ4n) is 3.61. The minimum absolute atomic E-state index is 0.197. The normalized spacial score (nSPS) is 23.6. The van der Waals surface area contributed by atoms with Crippen molar-refractivity contribution in [2.24, 2.45) is 0 Å². The highest BCUT2D eigenvalue weighted by molar-refractivity contribution is 6.08. The van der Waals surface area contributed by atoms with E-state index in [-0.39, 0.29) is 12.8 Å². The van der Waals surface area contributed by atoms with Gasteiger partial charge in [-0.05, 0) is 29.8 Å². The number of nitrogens with zero attached hydrogens (tertiary/aromatic N) is 2. The van der Waals surface area contributed by atoms with Gasteiger partial charge in [0, 0.05) is 23.3 Å². The van der Waals surface area contributed by atoms with E-state index >= 15 is 0 Å². The van der Waals surface area contributed by atoms with Gasteiger partial charge in [0.1, 0.15) is 12.3 Å². The average Bonchev–Trinajstić information content (AvgIpc) is 3.17. The lowest BCUT2D eigenvalue weighted by molar-refractivity contribution is -0.0416. The summed E-state index contributed by atoms with van der Waals surface area (Å²) in [5.74, 6) is 0. The third-order valence-electron chi connectivity index (χ3n) is 4.76. The van der Waals surface area contributed by atoms with Gasteiger partial charge >= 0.3 is 0 Å². The summed E-state index contributed by atoms with van der Waals surface area (Å²) in [6, 6.07) is 16.1. The molecule has 0 amide bonds. The SMILES string of the molecule is N#C/C=C/c1ccc2c(c1)c1ccccc1n2[C@H]1C[C@H](O)[C@@H](CO)O1. The molecule has 25 heavy (non-hydrogen) atoms. The van der Waals surface area contributed by atoms with E-state index < -0.39 is 12.2 Å². The molecule has 0 spiro atoms. The van der Waals surface area contributed by atoms with Crippen molar-refractivity contribution in [1.29, 1.82) is 5.26 Å². The maximum Gasteiger partial charge on any atom is 0.137 e. The molecule has 4 rings (SSSR count). The van der Waals surface area contributed by atoms with Gasteiger partial charge in [0.2, 0.25) is 0 Å². The first-order chi connectivity index (χ1) is 12.2. The predicted octanol–water partition coefficient (Wildman–Crippen LogP) is 2.97. The predicted molar refractivity (Wildman–Crippen MR) is 95.7 cm³/mol. The summed E-state index contributed by atoms with van der Waals surface area (Å²) in [4.78, 5) is 0. The molecule has 2 N–H and O–H groups in total. The Balaban J connectivity index is 1.91. The second-order valence-electron chi connectivity index (χ2n) is 6.24. The van der Waals surface area contributed by atoms with Crippen LogP contribution >= 0.6 is 0 Å². The highest BCUT2D eigenvalue weighted by atomic mass is 16.5. The van der Waals surface area contributed by atoms with Gasteiger partial charge in [-0.2, -0.15) is 5.26 Å². The zero-order valence-electron chi connectivity index (χ0n) is 13.5. The molecule has 1 fully saturated rings. The third kappa shape index (κ3) is 2.61. The van der Waals surface area contributed by atoms with Crippen LogP contribution in [0.3, 0.4) is 0 Å². The summed E-state index contributed by atoms with van der Waals surface area (Å²) in [6.07, 6.45) is 2.12. The number of ether oxygens (including phenoxy) is 1. The highest BCUT2D eigenvalue weighted by Crippen LogP contribution is 2.38. The van der Waals surface area contributed by atoms with Crippen LogP contribution in [0.1, 0.15) is 18.2 Å². The van der Waals surface area contributed by atoms with E-state index in [1.807, 2.05) is 36.4 Å². The van der Waals surface area contributed by atoms with Crippen molar-refractivity contribution in [3.8, 4) is 6.07 Å². The second-order valence-corrected chi connectivity index (χ2v) is 6.24. The first kappa shape index (κ1) is 15.9. The zero-order chi connectivity index (χ0) is 17.4. The van der Waals surface area contributed by atoms with Crippen molar-refractivity contribution >= 4 is 27.9 Å². The van der Waals surface area contributed by atoms with Gasteiger partial charge < -0.3 is 19.5 Å². The lowest BCUT2D eigenvalue weighted by Gasteiger charge is -2.16. The van der Waals surface area contributed by atoms with Gasteiger partial charge in [0.25, 0.3) is 0 Å². The van der Waals surface area contributed by atoms with E-state index in [2.05, 4.69) is 16.7 Å². The Morgan fingerprint density at radius 1 is 1.20 bits per heavy atom. The first-order valence-corrected chi connectivity index (χ1v) is 8.26. The van der Waals surface area contributed by atoms with Gasteiger partial charge in [-0.1, -0.05) is 24.3 Å². The molecule has 0 saturated carbocycles. The van der Waals surface area contributed by atoms with E-state index in [1.54, 1.807) is 6.08 Å². The quantitative estimate of drug-likeness (QED) is 0.722. The highest BCUT2D eigenvalue weighted by Gasteiger charge is 2.35. The maximum atomic E-state index is 10.1. The number of nitriles is 1. The molecule has 1 saturated heterocycles. The second kappa shape index (κ2) is 6.34. The minimum atomic E-state index is -0.677. The van der Waals surface area contributed by atoms with Crippen LogP contribution in [0.25, 0.3) is 27.9 Å². The van der Waals surface area contributed by atoms with Crippen molar-refractivity contribution in [2.45, 2.75) is 24.9 Å². The number of hydrogen-bond donors (Lipinski definition) is 2. The molecule has 5 heteroatoms. The van der Waals surface area contributed by atoms with E-state index in [0.29, 0.717) is 6.42 Å². The van der Waals surface area contributed by atoms with Gasteiger partial charge in [0.15, 0.2) is 0 Å². The Bertz CT molecular complexity index is 999. The number of fused-ring (bicyclic) bond motifs is 3. The third-order valence-corrected chi connectivity index (χ3v) is 4.76. The lowest BCUT2D eigenvalue weighted by atomic mass is 10.1. The molecule has 3 aromatic rings. The number of rotatable bonds is 3. The van der Waals surface area contributed by atoms with Crippen LogP contribution in [0.2, 0.25) is 0 Å². The molecule has 0 aliphatic carbocycles. The molecule has 1 aromatic heterocycles. The molecular formula is C20H18N2O3. The Morgan fingerprint density at radius 3 is 2.76 bits per heavy atom. The van der Waals surface area contributed by atoms with Crippen LogP contribution in [-0.2, 0) is 4.74 Å². The average molecular weight is 334 g/mol. The maximum absolute atomic E-state index is 10.1. The summed E-state index contributed by atoms with van der Waals surface area (Å²) >= 11 is 0. The molecule has 126 valence electrons. The fourth-order valence-corrected chi connectivity index (χ4v) is 3.61. The van der Waals surface area contributed by atoms with Crippen LogP contribution in [-0.4, -0.2) is 33.6 Å². The fraction of sp³-hybridized carbons (Fsp3) is 0.250. The standard InChI is InChI=1S/C20H18N2O3/c21-9-3-4-13-7-8-17-15(10-13)14-5-1-2-6-16(14)22(17)20-11-18(24)19(12-23)25-20/h1-8,10,18-20,23-24H,11-12H2/b4-3+/t18-,19+,20+/m0/s1. The minimum Gasteiger partial charge on any atom is -0.394 e. The molecule has 5 nitrogen and oxygen atoms in total. The molecular weight excluding hydrogens is 316 g/mol. The Kier molecular flexibility index (Phi) is 4.02. The van der Waals surface area contributed by atoms with Gasteiger partial charge in [-0.25, -0.2) is 0 Å². The number of aliphatic hydroxyl groups excluding tert-OH is 2. The van der Waals surface area contributed by atoms with Gasteiger partial charge in [0.05, 0.1) is 29.8 Å². The monoisotopic (exact) mass is 334 g/mol. The van der Waals surface area contributed by atoms with E-state index in [4.69, 9.17) is 10.00 Å². The van der Waals surface area contributed by atoms with Crippen LogP contribution < -0.4 is 0 Å². The molecule has 2 aromatic carbocycles. The summed E-state index contributed by atoms with van der Waals surface area (Å²) in [7, 11) is 0. The molecule has 0 radical (unpaired) electrons. The Morgan fingerprint density at radius 2 is 2.00 bits per heavy atom. The van der Waals surface area contributed by atoms with Gasteiger partial charge in [-0.15, -0.1) is 0 Å². The number of para-hydroxylation sites is 1. The van der Waals surface area contributed by atoms with E-state index in [0.717, 1.165) is 27.4 Å². The number of hydrogen-bond acceptors (Lipinski definition) is 4. The molecule has 0 unspecified atom stereocenters. The van der Waals surface area contributed by atoms with Crippen LogP contribution in [0.15, 0.2) is 48.5 Å². The summed E-state index contributed by atoms with van der Waals surface area (Å²) in [5, 5.41) is 30.4. The van der Waals surface area contributed by atoms with Crippen molar-refractivity contribution in [3.05, 3.63) is 54.1 Å². The lowest BCUT2D eigenvalue weighted by Crippen LogP contribution is -2.24. The molecule has 0 bridgehead atoms. The smallest absolute Gasteiger partial charge is 0.137 e. The zero-order valence-corrected chi connectivity index (χ0v) is 13.5. The van der Waals surface area contributed by atoms with Crippen molar-refractivity contribution in [2.75, 3.05) is 6.61 Å². The Labute approximate surface area is 145 Å². The number of allylic oxidation sites excluding steroid dienone is 1. The number of aromatic nitrogens is 1. The van der Waals surface area contributed by atoms with Crippen molar-refractivity contribution in [3.63, 3.8) is 0 Å². The van der Waals surface area contributed by atoms with Crippen LogP contribution in [0.5, 0.6) is 0 Å². The number of benzene rings is 2. The van der Waals surface area contributed by atoms with Crippen LogP contribution in [0.4, 0.5) is 0 Å². The molecule has 3 atom stereocenters. The van der Waals surface area contributed by atoms with Crippen LogP contribution in [0, 0.1) is 11.3 Å². The summed E-state index contributed by atoms with van der Waals surface area (Å²) in [5.41, 5.74) is 2.98. The summed E-state index contributed by atoms with van der Waals surface area (Å²) in [6.45, 7) is -0.197. The van der Waals surface area contributed by atoms with Crippen molar-refractivity contribution in [1.82, 2.24) is 4.57 Å². The number of aliphatic hydroxyl groups is 2. The first-order valence-electron chi connectivity index (χ1n) is 8.26. The molecule has 1 aliphatic rings. The van der Waals surface area contributed by atoms with Gasteiger partial charge in [-0.3, -0.25) is 0 Å². The van der Waals surface area contributed by atoms with Crippen molar-refractivity contribution < 1.29 is 14.9 Å². The largest absolute Gasteiger partial charge is 0.394 e.